The van der Waals surface area contributed by atoms with E-state index in [4.69, 9.17) is 0 Å². The van der Waals surface area contributed by atoms with Crippen LogP contribution in [0.3, 0.4) is 0 Å². The minimum absolute atomic E-state index is 0.0561. The first-order chi connectivity index (χ1) is 9.79. The quantitative estimate of drug-likeness (QED) is 0.843. The van der Waals surface area contributed by atoms with Crippen molar-refractivity contribution in [1.29, 1.82) is 0 Å². The molecule has 21 heavy (non-hydrogen) atoms. The number of likely N-dealkylation sites (N-methyl/N-ethyl adjacent to an activating group) is 2. The van der Waals surface area contributed by atoms with Gasteiger partial charge in [-0.1, -0.05) is 12.1 Å². The van der Waals surface area contributed by atoms with Crippen LogP contribution in [0.15, 0.2) is 18.2 Å². The van der Waals surface area contributed by atoms with E-state index in [1.807, 2.05) is 0 Å². The second-order valence-corrected chi connectivity index (χ2v) is 5.32. The number of hydrogen-bond acceptors (Lipinski definition) is 3. The minimum Gasteiger partial charge on any atom is -0.351 e. The predicted molar refractivity (Wildman–Crippen MR) is 79.2 cm³/mol. The normalized spacial score (nSPS) is 10.6. The summed E-state index contributed by atoms with van der Waals surface area (Å²) in [6, 6.07) is 4.73. The largest absolute Gasteiger partial charge is 0.351 e. The van der Waals surface area contributed by atoms with E-state index < -0.39 is 0 Å². The zero-order valence-corrected chi connectivity index (χ0v) is 12.9. The monoisotopic (exact) mass is 295 g/mol. The van der Waals surface area contributed by atoms with E-state index in [1.54, 1.807) is 45.1 Å². The van der Waals surface area contributed by atoms with Gasteiger partial charge >= 0.3 is 0 Å². The van der Waals surface area contributed by atoms with Crippen molar-refractivity contribution in [3.8, 4) is 0 Å². The Balaban J connectivity index is 2.40. The number of amides is 2. The first-order valence-corrected chi connectivity index (χ1v) is 6.70. The molecule has 0 fully saturated rings. The Morgan fingerprint density at radius 1 is 1.19 bits per heavy atom. The molecule has 0 spiro atoms. The Morgan fingerprint density at radius 2 is 1.86 bits per heavy atom. The summed E-state index contributed by atoms with van der Waals surface area (Å²) in [6.45, 7) is 2.35. The highest BCUT2D eigenvalue weighted by Gasteiger charge is 2.11. The van der Waals surface area contributed by atoms with Gasteiger partial charge in [0, 0.05) is 20.6 Å². The average Bonchev–Trinajstić information content (AvgIpc) is 2.39. The molecular formula is C15H22FN3O2. The van der Waals surface area contributed by atoms with Gasteiger partial charge in [-0.15, -0.1) is 0 Å². The number of halogens is 1. The Labute approximate surface area is 124 Å². The van der Waals surface area contributed by atoms with Crippen LogP contribution < -0.4 is 5.32 Å². The first-order valence-electron chi connectivity index (χ1n) is 6.70. The fourth-order valence-corrected chi connectivity index (χ4v) is 1.75. The van der Waals surface area contributed by atoms with E-state index in [0.717, 1.165) is 5.56 Å². The predicted octanol–water partition coefficient (Wildman–Crippen LogP) is 0.770. The maximum Gasteiger partial charge on any atom is 0.236 e. The van der Waals surface area contributed by atoms with Crippen LogP contribution in [0.1, 0.15) is 11.1 Å². The van der Waals surface area contributed by atoms with Crippen molar-refractivity contribution >= 4 is 11.8 Å². The van der Waals surface area contributed by atoms with Crippen molar-refractivity contribution < 1.29 is 14.0 Å². The van der Waals surface area contributed by atoms with Crippen LogP contribution in [0.25, 0.3) is 0 Å². The lowest BCUT2D eigenvalue weighted by Crippen LogP contribution is -2.40. The van der Waals surface area contributed by atoms with E-state index >= 15 is 0 Å². The third-order valence-electron chi connectivity index (χ3n) is 3.03. The summed E-state index contributed by atoms with van der Waals surface area (Å²) >= 11 is 0. The van der Waals surface area contributed by atoms with E-state index in [-0.39, 0.29) is 30.7 Å². The zero-order valence-electron chi connectivity index (χ0n) is 12.9. The third kappa shape index (κ3) is 5.91. The first kappa shape index (κ1) is 17.1. The molecule has 0 heterocycles. The van der Waals surface area contributed by atoms with Crippen LogP contribution in [0.2, 0.25) is 0 Å². The lowest BCUT2D eigenvalue weighted by Gasteiger charge is -2.18. The smallest absolute Gasteiger partial charge is 0.236 e. The molecule has 0 saturated heterocycles. The molecule has 0 aliphatic carbocycles. The second-order valence-electron chi connectivity index (χ2n) is 5.32. The average molecular weight is 295 g/mol. The van der Waals surface area contributed by atoms with Crippen molar-refractivity contribution in [3.05, 3.63) is 35.1 Å². The zero-order chi connectivity index (χ0) is 16.0. The van der Waals surface area contributed by atoms with Gasteiger partial charge in [0.1, 0.15) is 5.82 Å². The highest BCUT2D eigenvalue weighted by molar-refractivity contribution is 5.80. The van der Waals surface area contributed by atoms with E-state index in [0.29, 0.717) is 12.1 Å². The number of nitrogens with one attached hydrogen (secondary N) is 1. The van der Waals surface area contributed by atoms with Gasteiger partial charge in [-0.05, 0) is 31.2 Å². The van der Waals surface area contributed by atoms with Crippen molar-refractivity contribution in [2.24, 2.45) is 0 Å². The van der Waals surface area contributed by atoms with Gasteiger partial charge in [0.15, 0.2) is 0 Å². The summed E-state index contributed by atoms with van der Waals surface area (Å²) in [5.41, 5.74) is 1.39. The van der Waals surface area contributed by atoms with Gasteiger partial charge < -0.3 is 10.2 Å². The maximum atomic E-state index is 13.1. The second kappa shape index (κ2) is 7.73. The van der Waals surface area contributed by atoms with Gasteiger partial charge in [-0.25, -0.2) is 4.39 Å². The fourth-order valence-electron chi connectivity index (χ4n) is 1.75. The minimum atomic E-state index is -0.257. The number of rotatable bonds is 6. The highest BCUT2D eigenvalue weighted by Crippen LogP contribution is 2.08. The Hall–Kier alpha value is -1.95. The van der Waals surface area contributed by atoms with Gasteiger partial charge in [-0.3, -0.25) is 14.5 Å². The lowest BCUT2D eigenvalue weighted by atomic mass is 10.1. The van der Waals surface area contributed by atoms with Crippen molar-refractivity contribution in [2.45, 2.75) is 13.5 Å². The number of aryl methyl sites for hydroxylation is 1. The van der Waals surface area contributed by atoms with Crippen molar-refractivity contribution in [3.63, 3.8) is 0 Å². The topological polar surface area (TPSA) is 52.7 Å². The molecule has 0 aliphatic rings. The summed E-state index contributed by atoms with van der Waals surface area (Å²) in [5, 5.41) is 2.75. The molecule has 0 atom stereocenters. The number of carbonyl (C=O) groups is 2. The molecule has 1 aromatic rings. The third-order valence-corrected chi connectivity index (χ3v) is 3.03. The Bertz CT molecular complexity index is 518. The molecule has 0 aromatic heterocycles. The lowest BCUT2D eigenvalue weighted by molar-refractivity contribution is -0.130. The van der Waals surface area contributed by atoms with Crippen LogP contribution >= 0.6 is 0 Å². The van der Waals surface area contributed by atoms with Crippen molar-refractivity contribution in [2.75, 3.05) is 34.2 Å². The maximum absolute atomic E-state index is 13.1. The summed E-state index contributed by atoms with van der Waals surface area (Å²) < 4.78 is 13.1. The molecule has 5 nitrogen and oxygen atoms in total. The summed E-state index contributed by atoms with van der Waals surface area (Å²) in [4.78, 5) is 26.4. The van der Waals surface area contributed by atoms with Crippen LogP contribution in [0.4, 0.5) is 4.39 Å². The molecule has 0 radical (unpaired) electrons. The molecular weight excluding hydrogens is 273 g/mol. The number of nitrogens with zero attached hydrogens (tertiary/aromatic N) is 2. The van der Waals surface area contributed by atoms with E-state index in [9.17, 15) is 14.0 Å². The molecule has 1 aromatic carbocycles. The van der Waals surface area contributed by atoms with Crippen LogP contribution in [0.5, 0.6) is 0 Å². The Morgan fingerprint density at radius 3 is 2.43 bits per heavy atom. The molecule has 1 N–H and O–H groups in total. The van der Waals surface area contributed by atoms with Crippen LogP contribution in [-0.2, 0) is 16.1 Å². The molecule has 2 amide bonds. The van der Waals surface area contributed by atoms with Gasteiger partial charge in [-0.2, -0.15) is 0 Å². The number of benzene rings is 1. The van der Waals surface area contributed by atoms with Gasteiger partial charge in [0.05, 0.1) is 13.1 Å². The number of carbonyl (C=O) groups excluding carboxylic acids is 2. The molecule has 0 bridgehead atoms. The molecule has 0 saturated carbocycles. The standard InChI is InChI=1S/C15H22FN3O2/c1-11-7-12(5-6-13(11)16)8-17-14(20)9-19(4)10-15(21)18(2)3/h5-7H,8-10H2,1-4H3,(H,17,20). The summed E-state index contributed by atoms with van der Waals surface area (Å²) in [5.74, 6) is -0.488. The van der Waals surface area contributed by atoms with E-state index in [1.165, 1.54) is 11.0 Å². The van der Waals surface area contributed by atoms with Crippen LogP contribution in [0, 0.1) is 12.7 Å². The molecule has 6 heteroatoms. The molecule has 116 valence electrons. The summed E-state index contributed by atoms with van der Waals surface area (Å²) in [6.07, 6.45) is 0. The summed E-state index contributed by atoms with van der Waals surface area (Å²) in [7, 11) is 5.06. The SMILES string of the molecule is Cc1cc(CNC(=O)CN(C)CC(=O)N(C)C)ccc1F. The van der Waals surface area contributed by atoms with Gasteiger partial charge in [0.25, 0.3) is 0 Å². The fraction of sp³-hybridized carbons (Fsp3) is 0.467. The number of hydrogen-bond donors (Lipinski definition) is 1. The molecule has 1 rings (SSSR count). The highest BCUT2D eigenvalue weighted by atomic mass is 19.1. The van der Waals surface area contributed by atoms with Crippen LogP contribution in [-0.4, -0.2) is 55.8 Å². The van der Waals surface area contributed by atoms with E-state index in [2.05, 4.69) is 5.32 Å². The van der Waals surface area contributed by atoms with Crippen molar-refractivity contribution in [1.82, 2.24) is 15.1 Å². The molecule has 0 aliphatic heterocycles. The molecule has 0 unspecified atom stereocenters. The Kier molecular flexibility index (Phi) is 6.30. The van der Waals surface area contributed by atoms with Gasteiger partial charge in [0.2, 0.25) is 11.8 Å².